The standard InChI is InChI=1S/C20H14Cl4I4O4/c21-7-12(22)18(24)17(23)11(5-6-29)10-1-3-13(25)19(30)15(27)8-32-9-16(28)20(31)14(26)4-2-10/h1-5,7-9,17-18,29-30H,6H2/b3-1?,10-2?,11-5+,12-7-,14-4?,15-8?,16-9?,19-13?. The number of rotatable bonds is 5. The summed E-state index contributed by atoms with van der Waals surface area (Å²) in [5.41, 5.74) is 1.88. The van der Waals surface area contributed by atoms with Crippen molar-refractivity contribution in [3.63, 3.8) is 0 Å². The van der Waals surface area contributed by atoms with Gasteiger partial charge in [-0.05, 0) is 114 Å². The zero-order valence-electron chi connectivity index (χ0n) is 15.7. The first-order chi connectivity index (χ1) is 15.0. The minimum absolute atomic E-state index is 0.0165. The van der Waals surface area contributed by atoms with E-state index in [1.807, 2.05) is 90.4 Å². The molecule has 2 atom stereocenters. The van der Waals surface area contributed by atoms with Crippen LogP contribution >= 0.6 is 137 Å². The first kappa shape index (κ1) is 31.3. The van der Waals surface area contributed by atoms with E-state index < -0.39 is 10.8 Å². The average molecular weight is 968 g/mol. The Morgan fingerprint density at radius 2 is 1.53 bits per heavy atom. The first-order valence-corrected chi connectivity index (χ1v) is 14.4. The van der Waals surface area contributed by atoms with Gasteiger partial charge in [0.05, 0.1) is 31.6 Å². The molecule has 174 valence electrons. The molecule has 0 saturated carbocycles. The lowest BCUT2D eigenvalue weighted by molar-refractivity contribution is 0.343. The number of aromatic hydroxyl groups is 1. The lowest BCUT2D eigenvalue weighted by atomic mass is 10.0. The van der Waals surface area contributed by atoms with Gasteiger partial charge in [-0.3, -0.25) is 4.79 Å². The van der Waals surface area contributed by atoms with Crippen LogP contribution in [0, 0.1) is 14.3 Å². The average Bonchev–Trinajstić information content (AvgIpc) is 2.79. The number of halogens is 8. The maximum absolute atomic E-state index is 12.6. The van der Waals surface area contributed by atoms with Crippen LogP contribution in [0.25, 0.3) is 5.57 Å². The Labute approximate surface area is 260 Å². The summed E-state index contributed by atoms with van der Waals surface area (Å²) >= 11 is 32.3. The smallest absolute Gasteiger partial charge is 0.208 e. The van der Waals surface area contributed by atoms with Crippen molar-refractivity contribution in [3.05, 3.63) is 83.5 Å². The van der Waals surface area contributed by atoms with Crippen molar-refractivity contribution in [1.82, 2.24) is 0 Å². The van der Waals surface area contributed by atoms with E-state index >= 15 is 0 Å². The van der Waals surface area contributed by atoms with Crippen molar-refractivity contribution in [2.24, 2.45) is 0 Å². The Balaban J connectivity index is 4.02. The third-order valence-electron chi connectivity index (χ3n) is 3.61. The van der Waals surface area contributed by atoms with E-state index in [0.29, 0.717) is 25.4 Å². The Bertz CT molecular complexity index is 1070. The van der Waals surface area contributed by atoms with Crippen LogP contribution < -0.4 is 5.43 Å². The highest BCUT2D eigenvalue weighted by Gasteiger charge is 2.24. The maximum Gasteiger partial charge on any atom is 0.208 e. The molecule has 1 heterocycles. The summed E-state index contributed by atoms with van der Waals surface area (Å²) < 4.78 is 6.99. The van der Waals surface area contributed by atoms with E-state index in [2.05, 4.69) is 0 Å². The third kappa shape index (κ3) is 9.70. The molecule has 1 aromatic heterocycles. The molecular weight excluding hydrogens is 954 g/mol. The highest BCUT2D eigenvalue weighted by atomic mass is 127. The van der Waals surface area contributed by atoms with Gasteiger partial charge in [-0.15, -0.1) is 23.2 Å². The Kier molecular flexibility index (Phi) is 15.7. The van der Waals surface area contributed by atoms with Crippen LogP contribution in [0.3, 0.4) is 0 Å². The summed E-state index contributed by atoms with van der Waals surface area (Å²) in [6, 6.07) is 6.60. The van der Waals surface area contributed by atoms with Crippen LogP contribution in [-0.4, -0.2) is 27.6 Å². The van der Waals surface area contributed by atoms with Crippen LogP contribution in [0.1, 0.15) is 5.56 Å². The molecular formula is C20H14Cl4I4O4. The predicted octanol–water partition coefficient (Wildman–Crippen LogP) is 7.92. The fourth-order valence-electron chi connectivity index (χ4n) is 2.07. The summed E-state index contributed by atoms with van der Waals surface area (Å²) in [4.78, 5) is 12.6. The molecule has 0 aliphatic rings. The molecule has 1 rings (SSSR count). The Morgan fingerprint density at radius 1 is 0.969 bits per heavy atom. The molecule has 12 heteroatoms. The van der Waals surface area contributed by atoms with Gasteiger partial charge >= 0.3 is 0 Å². The van der Waals surface area contributed by atoms with Crippen molar-refractivity contribution in [2.45, 2.75) is 10.8 Å². The zero-order chi connectivity index (χ0) is 24.4. The molecule has 0 radical (unpaired) electrons. The van der Waals surface area contributed by atoms with Crippen molar-refractivity contribution >= 4 is 142 Å². The van der Waals surface area contributed by atoms with Crippen molar-refractivity contribution < 1.29 is 14.6 Å². The molecule has 0 fully saturated rings. The SMILES string of the molecule is O=c1c(I)ccc(/C(=C\CO)C(Cl)C(Cl)/C(Cl)=C/Cl)ccc(I)c(O)c(I)cocc1I. The predicted molar refractivity (Wildman–Crippen MR) is 167 cm³/mol. The van der Waals surface area contributed by atoms with Gasteiger partial charge in [0.2, 0.25) is 5.43 Å². The van der Waals surface area contributed by atoms with Crippen LogP contribution in [0.5, 0.6) is 5.75 Å². The first-order valence-electron chi connectivity index (χ1n) is 8.36. The molecule has 1 aromatic rings. The maximum atomic E-state index is 12.6. The van der Waals surface area contributed by atoms with Crippen LogP contribution in [0.15, 0.2) is 62.6 Å². The summed E-state index contributed by atoms with van der Waals surface area (Å²) in [7, 11) is 0. The molecule has 0 aromatic carbocycles. The fraction of sp³-hybridized carbons (Fsp3) is 0.150. The molecule has 0 amide bonds. The highest BCUT2D eigenvalue weighted by molar-refractivity contribution is 14.1. The molecule has 2 unspecified atom stereocenters. The molecule has 2 N–H and O–H groups in total. The van der Waals surface area contributed by atoms with E-state index in [0.717, 1.165) is 5.54 Å². The quantitative estimate of drug-likeness (QED) is 0.233. The Morgan fingerprint density at radius 3 is 2.09 bits per heavy atom. The Hall–Kier alpha value is 1.23. The molecule has 0 spiro atoms. The third-order valence-corrected chi connectivity index (χ3v) is 8.75. The number of aliphatic hydroxyl groups is 1. The fourth-order valence-corrected chi connectivity index (χ4v) is 5.85. The molecule has 0 bridgehead atoms. The molecule has 0 aliphatic carbocycles. The van der Waals surface area contributed by atoms with E-state index in [1.165, 1.54) is 18.6 Å². The van der Waals surface area contributed by atoms with Gasteiger partial charge in [-0.25, -0.2) is 0 Å². The largest absolute Gasteiger partial charge is 0.506 e. The summed E-state index contributed by atoms with van der Waals surface area (Å²) in [6.07, 6.45) is 4.12. The van der Waals surface area contributed by atoms with Gasteiger partial charge in [0.1, 0.15) is 18.3 Å². The normalized spacial score (nSPS) is 13.7. The van der Waals surface area contributed by atoms with Crippen LogP contribution in [0.2, 0.25) is 0 Å². The van der Waals surface area contributed by atoms with Gasteiger partial charge in [-0.1, -0.05) is 41.4 Å². The van der Waals surface area contributed by atoms with Crippen molar-refractivity contribution in [3.8, 4) is 5.75 Å². The summed E-state index contributed by atoms with van der Waals surface area (Å²) in [5, 5.41) is 18.4. The molecule has 32 heavy (non-hydrogen) atoms. The number of hydrogen-bond acceptors (Lipinski definition) is 4. The number of alkyl halides is 2. The van der Waals surface area contributed by atoms with E-state index in [9.17, 15) is 15.0 Å². The topological polar surface area (TPSA) is 70.7 Å². The van der Waals surface area contributed by atoms with Crippen LogP contribution in [-0.2, 0) is 0 Å². The van der Waals surface area contributed by atoms with Gasteiger partial charge in [0.25, 0.3) is 0 Å². The molecule has 0 saturated heterocycles. The van der Waals surface area contributed by atoms with E-state index in [4.69, 9.17) is 50.8 Å². The van der Waals surface area contributed by atoms with Gasteiger partial charge < -0.3 is 14.6 Å². The number of allylic oxidation sites excluding steroid dienone is 2. The lowest BCUT2D eigenvalue weighted by Gasteiger charge is -2.19. The number of aliphatic hydroxyl groups excluding tert-OH is 1. The van der Waals surface area contributed by atoms with E-state index in [1.54, 1.807) is 24.3 Å². The van der Waals surface area contributed by atoms with Crippen molar-refractivity contribution in [1.29, 1.82) is 0 Å². The highest BCUT2D eigenvalue weighted by Crippen LogP contribution is 2.33. The second-order valence-electron chi connectivity index (χ2n) is 5.70. The molecule has 4 nitrogen and oxygen atoms in total. The second-order valence-corrected chi connectivity index (χ2v) is 11.9. The monoisotopic (exact) mass is 966 g/mol. The molecule has 0 aliphatic heterocycles. The van der Waals surface area contributed by atoms with Gasteiger partial charge in [0.15, 0.2) is 0 Å². The van der Waals surface area contributed by atoms with E-state index in [-0.39, 0.29) is 22.8 Å². The minimum atomic E-state index is -0.867. The minimum Gasteiger partial charge on any atom is -0.506 e. The van der Waals surface area contributed by atoms with Crippen molar-refractivity contribution in [2.75, 3.05) is 6.61 Å². The summed E-state index contributed by atoms with van der Waals surface area (Å²) in [6.45, 7) is -0.313. The van der Waals surface area contributed by atoms with Gasteiger partial charge in [-0.2, -0.15) is 0 Å². The van der Waals surface area contributed by atoms with Crippen LogP contribution in [0.4, 0.5) is 0 Å². The summed E-state index contributed by atoms with van der Waals surface area (Å²) in [5.74, 6) is -0.0165. The lowest BCUT2D eigenvalue weighted by Crippen LogP contribution is -2.17. The zero-order valence-corrected chi connectivity index (χ0v) is 27.4. The second kappa shape index (κ2) is 16.1. The van der Waals surface area contributed by atoms with Gasteiger partial charge in [0, 0.05) is 10.6 Å². The number of hydrogen-bond donors (Lipinski definition) is 2.